The number of hydrogen-bond donors (Lipinski definition) is 3. The zero-order valence-corrected chi connectivity index (χ0v) is 11.5. The molecule has 0 spiro atoms. The number of nitrogens with zero attached hydrogens (tertiary/aromatic N) is 2. The van der Waals surface area contributed by atoms with Gasteiger partial charge in [0, 0.05) is 45.1 Å². The smallest absolute Gasteiger partial charge is 0.269 e. The highest BCUT2D eigenvalue weighted by molar-refractivity contribution is 5.93. The van der Waals surface area contributed by atoms with Crippen molar-refractivity contribution in [1.29, 1.82) is 0 Å². The number of amides is 2. The predicted octanol–water partition coefficient (Wildman–Crippen LogP) is -0.715. The van der Waals surface area contributed by atoms with Gasteiger partial charge < -0.3 is 20.9 Å². The number of nitrogens with one attached hydrogen (secondary N) is 3. The zero-order valence-electron chi connectivity index (χ0n) is 11.5. The Balaban J connectivity index is 1.90. The number of anilines is 1. The van der Waals surface area contributed by atoms with Gasteiger partial charge in [0.15, 0.2) is 0 Å². The number of piperazine rings is 1. The molecule has 1 aliphatic heterocycles. The first-order chi connectivity index (χ1) is 9.70. The molecule has 0 atom stereocenters. The lowest BCUT2D eigenvalue weighted by molar-refractivity contribution is -0.129. The van der Waals surface area contributed by atoms with Crippen LogP contribution in [0, 0.1) is 0 Å². The summed E-state index contributed by atoms with van der Waals surface area (Å²) in [5.74, 6) is -0.188. The highest BCUT2D eigenvalue weighted by Gasteiger charge is 2.15. The molecule has 0 unspecified atom stereocenters. The maximum atomic E-state index is 12.0. The van der Waals surface area contributed by atoms with Gasteiger partial charge in [-0.3, -0.25) is 14.6 Å². The zero-order chi connectivity index (χ0) is 14.4. The summed E-state index contributed by atoms with van der Waals surface area (Å²) in [6, 6.07) is 3.36. The van der Waals surface area contributed by atoms with Gasteiger partial charge >= 0.3 is 0 Å². The van der Waals surface area contributed by atoms with E-state index in [0.29, 0.717) is 11.4 Å². The first-order valence-electron chi connectivity index (χ1n) is 6.61. The monoisotopic (exact) mass is 277 g/mol. The SMILES string of the molecule is CNC(=O)c1cc(NCC(=O)N2CCNCC2)ccn1. The summed E-state index contributed by atoms with van der Waals surface area (Å²) >= 11 is 0. The average molecular weight is 277 g/mol. The van der Waals surface area contributed by atoms with Crippen LogP contribution >= 0.6 is 0 Å². The van der Waals surface area contributed by atoms with Gasteiger partial charge in [0.1, 0.15) is 5.69 Å². The molecule has 7 heteroatoms. The fraction of sp³-hybridized carbons (Fsp3) is 0.462. The second kappa shape index (κ2) is 6.85. The standard InChI is InChI=1S/C13H19N5O2/c1-14-13(20)11-8-10(2-3-16-11)17-9-12(19)18-6-4-15-5-7-18/h2-3,8,15H,4-7,9H2,1H3,(H,14,20)(H,16,17). The Hall–Kier alpha value is -2.15. The van der Waals surface area contributed by atoms with E-state index in [9.17, 15) is 9.59 Å². The molecule has 3 N–H and O–H groups in total. The van der Waals surface area contributed by atoms with Crippen LogP contribution in [0.2, 0.25) is 0 Å². The summed E-state index contributed by atoms with van der Waals surface area (Å²) in [6.45, 7) is 3.36. The molecular formula is C13H19N5O2. The highest BCUT2D eigenvalue weighted by Crippen LogP contribution is 2.08. The maximum absolute atomic E-state index is 12.0. The van der Waals surface area contributed by atoms with Crippen molar-refractivity contribution in [2.24, 2.45) is 0 Å². The predicted molar refractivity (Wildman–Crippen MR) is 75.6 cm³/mol. The molecular weight excluding hydrogens is 258 g/mol. The van der Waals surface area contributed by atoms with Gasteiger partial charge in [-0.2, -0.15) is 0 Å². The van der Waals surface area contributed by atoms with Gasteiger partial charge in [0.25, 0.3) is 5.91 Å². The minimum absolute atomic E-state index is 0.0600. The van der Waals surface area contributed by atoms with Crippen molar-refractivity contribution in [2.45, 2.75) is 0 Å². The topological polar surface area (TPSA) is 86.4 Å². The van der Waals surface area contributed by atoms with E-state index in [0.717, 1.165) is 26.2 Å². The van der Waals surface area contributed by atoms with Crippen molar-refractivity contribution in [3.05, 3.63) is 24.0 Å². The third-order valence-electron chi connectivity index (χ3n) is 3.13. The van der Waals surface area contributed by atoms with Crippen LogP contribution in [0.25, 0.3) is 0 Å². The Morgan fingerprint density at radius 3 is 2.85 bits per heavy atom. The largest absolute Gasteiger partial charge is 0.376 e. The van der Waals surface area contributed by atoms with Crippen LogP contribution in [-0.2, 0) is 4.79 Å². The van der Waals surface area contributed by atoms with Gasteiger partial charge in [0.2, 0.25) is 5.91 Å². The minimum Gasteiger partial charge on any atom is -0.376 e. The number of aromatic nitrogens is 1. The van der Waals surface area contributed by atoms with Crippen molar-refractivity contribution in [3.63, 3.8) is 0 Å². The second-order valence-corrected chi connectivity index (χ2v) is 4.49. The van der Waals surface area contributed by atoms with Crippen molar-refractivity contribution in [1.82, 2.24) is 20.5 Å². The molecule has 1 aliphatic rings. The number of rotatable bonds is 4. The average Bonchev–Trinajstić information content (AvgIpc) is 2.53. The Labute approximate surface area is 117 Å². The van der Waals surface area contributed by atoms with Crippen molar-refractivity contribution in [3.8, 4) is 0 Å². The Kier molecular flexibility index (Phi) is 4.89. The number of hydrogen-bond acceptors (Lipinski definition) is 5. The summed E-state index contributed by atoms with van der Waals surface area (Å²) in [5, 5.41) is 8.75. The summed E-state index contributed by atoms with van der Waals surface area (Å²) < 4.78 is 0. The summed E-state index contributed by atoms with van der Waals surface area (Å²) in [4.78, 5) is 29.2. The normalized spacial score (nSPS) is 14.8. The van der Waals surface area contributed by atoms with E-state index in [-0.39, 0.29) is 18.4 Å². The van der Waals surface area contributed by atoms with Gasteiger partial charge in [-0.15, -0.1) is 0 Å². The van der Waals surface area contributed by atoms with Crippen LogP contribution < -0.4 is 16.0 Å². The molecule has 1 fully saturated rings. The first kappa shape index (κ1) is 14.3. The van der Waals surface area contributed by atoms with Gasteiger partial charge in [-0.05, 0) is 12.1 Å². The van der Waals surface area contributed by atoms with Crippen molar-refractivity contribution in [2.75, 3.05) is 45.1 Å². The fourth-order valence-corrected chi connectivity index (χ4v) is 2.00. The summed E-state index contributed by atoms with van der Waals surface area (Å²) in [6.07, 6.45) is 1.54. The maximum Gasteiger partial charge on any atom is 0.269 e. The van der Waals surface area contributed by atoms with E-state index < -0.39 is 0 Å². The molecule has 1 aromatic heterocycles. The lowest BCUT2D eigenvalue weighted by atomic mass is 10.3. The van der Waals surface area contributed by atoms with Gasteiger partial charge in [-0.1, -0.05) is 0 Å². The Morgan fingerprint density at radius 2 is 2.15 bits per heavy atom. The first-order valence-corrected chi connectivity index (χ1v) is 6.61. The summed E-state index contributed by atoms with van der Waals surface area (Å²) in [7, 11) is 1.55. The van der Waals surface area contributed by atoms with Crippen LogP contribution in [0.1, 0.15) is 10.5 Å². The van der Waals surface area contributed by atoms with E-state index in [1.807, 2.05) is 4.90 Å². The molecule has 2 heterocycles. The molecule has 0 aromatic carbocycles. The van der Waals surface area contributed by atoms with E-state index in [4.69, 9.17) is 0 Å². The Bertz CT molecular complexity index is 485. The van der Waals surface area contributed by atoms with Crippen molar-refractivity contribution >= 4 is 17.5 Å². The lowest BCUT2D eigenvalue weighted by Crippen LogP contribution is -2.48. The molecule has 7 nitrogen and oxygen atoms in total. The van der Waals surface area contributed by atoms with Crippen molar-refractivity contribution < 1.29 is 9.59 Å². The van der Waals surface area contributed by atoms with Crippen LogP contribution in [0.3, 0.4) is 0 Å². The van der Waals surface area contributed by atoms with Gasteiger partial charge in [0.05, 0.1) is 6.54 Å². The van der Waals surface area contributed by atoms with E-state index >= 15 is 0 Å². The minimum atomic E-state index is -0.248. The summed E-state index contributed by atoms with van der Waals surface area (Å²) in [5.41, 5.74) is 1.04. The third-order valence-corrected chi connectivity index (χ3v) is 3.13. The third kappa shape index (κ3) is 3.67. The van der Waals surface area contributed by atoms with Gasteiger partial charge in [-0.25, -0.2) is 0 Å². The van der Waals surface area contributed by atoms with E-state index in [2.05, 4.69) is 20.9 Å². The second-order valence-electron chi connectivity index (χ2n) is 4.49. The molecule has 20 heavy (non-hydrogen) atoms. The Morgan fingerprint density at radius 1 is 1.40 bits per heavy atom. The van der Waals surface area contributed by atoms with Crippen LogP contribution in [0.4, 0.5) is 5.69 Å². The molecule has 2 rings (SSSR count). The molecule has 0 saturated carbocycles. The lowest BCUT2D eigenvalue weighted by Gasteiger charge is -2.27. The molecule has 1 saturated heterocycles. The molecule has 0 aliphatic carbocycles. The number of carbonyl (C=O) groups excluding carboxylic acids is 2. The van der Waals surface area contributed by atoms with Crippen LogP contribution in [0.5, 0.6) is 0 Å². The number of pyridine rings is 1. The number of carbonyl (C=O) groups is 2. The molecule has 2 amide bonds. The quantitative estimate of drug-likeness (QED) is 0.676. The molecule has 0 bridgehead atoms. The highest BCUT2D eigenvalue weighted by atomic mass is 16.2. The molecule has 1 aromatic rings. The van der Waals surface area contributed by atoms with Crippen LogP contribution in [-0.4, -0.2) is 61.5 Å². The molecule has 108 valence electrons. The van der Waals surface area contributed by atoms with E-state index in [1.54, 1.807) is 25.4 Å². The van der Waals surface area contributed by atoms with Crippen LogP contribution in [0.15, 0.2) is 18.3 Å². The fourth-order valence-electron chi connectivity index (χ4n) is 2.00. The van der Waals surface area contributed by atoms with E-state index in [1.165, 1.54) is 0 Å². The molecule has 0 radical (unpaired) electrons.